The van der Waals surface area contributed by atoms with Crippen molar-refractivity contribution in [3.8, 4) is 0 Å². The third-order valence-electron chi connectivity index (χ3n) is 3.30. The van der Waals surface area contributed by atoms with Crippen molar-refractivity contribution in [1.29, 1.82) is 0 Å². The molecule has 0 atom stereocenters. The van der Waals surface area contributed by atoms with Gasteiger partial charge in [-0.05, 0) is 30.8 Å². The van der Waals surface area contributed by atoms with E-state index in [4.69, 9.17) is 10.2 Å². The fraction of sp³-hybridized carbons (Fsp3) is 0.200. The van der Waals surface area contributed by atoms with E-state index < -0.39 is 0 Å². The first-order chi connectivity index (χ1) is 9.70. The zero-order valence-corrected chi connectivity index (χ0v) is 10.8. The van der Waals surface area contributed by atoms with Crippen LogP contribution in [0, 0.1) is 0 Å². The molecule has 3 rings (SSSR count). The second-order valence-corrected chi connectivity index (χ2v) is 4.65. The number of carbonyl (C=O) groups is 2. The number of nitrogens with two attached hydrogens (primary N) is 1. The lowest BCUT2D eigenvalue weighted by atomic mass is 10.1. The van der Waals surface area contributed by atoms with Gasteiger partial charge >= 0.3 is 0 Å². The number of imide groups is 1. The highest BCUT2D eigenvalue weighted by atomic mass is 16.3. The van der Waals surface area contributed by atoms with Gasteiger partial charge in [0, 0.05) is 6.42 Å². The number of rotatable bonds is 4. The van der Waals surface area contributed by atoms with Crippen molar-refractivity contribution in [3.63, 3.8) is 0 Å². The third-order valence-corrected chi connectivity index (χ3v) is 3.30. The predicted octanol–water partition coefficient (Wildman–Crippen LogP) is 1.58. The van der Waals surface area contributed by atoms with Crippen molar-refractivity contribution >= 4 is 11.8 Å². The summed E-state index contributed by atoms with van der Waals surface area (Å²) in [6.07, 6.45) is 0.641. The van der Waals surface area contributed by atoms with E-state index in [2.05, 4.69) is 0 Å². The molecule has 1 aromatic heterocycles. The molecule has 0 saturated heterocycles. The Bertz CT molecular complexity index is 640. The molecule has 0 unspecified atom stereocenters. The lowest BCUT2D eigenvalue weighted by Crippen LogP contribution is -2.28. The number of benzene rings is 1. The summed E-state index contributed by atoms with van der Waals surface area (Å²) in [5, 5.41) is 0. The lowest BCUT2D eigenvalue weighted by Gasteiger charge is -2.11. The number of fused-ring (bicyclic) bond motifs is 1. The van der Waals surface area contributed by atoms with Crippen LogP contribution in [0.4, 0.5) is 0 Å². The van der Waals surface area contributed by atoms with Crippen LogP contribution in [-0.2, 0) is 13.0 Å². The summed E-state index contributed by atoms with van der Waals surface area (Å²) in [4.78, 5) is 25.6. The highest BCUT2D eigenvalue weighted by Crippen LogP contribution is 2.24. The molecular formula is C15H14N2O3. The van der Waals surface area contributed by atoms with Gasteiger partial charge in [0.05, 0.1) is 17.7 Å². The van der Waals surface area contributed by atoms with Crippen LogP contribution < -0.4 is 5.73 Å². The van der Waals surface area contributed by atoms with Crippen LogP contribution >= 0.6 is 0 Å². The normalized spacial score (nSPS) is 13.9. The second kappa shape index (κ2) is 4.94. The number of carbonyl (C=O) groups excluding carboxylic acids is 2. The summed E-state index contributed by atoms with van der Waals surface area (Å²) in [6.45, 7) is 0.650. The average molecular weight is 270 g/mol. The van der Waals surface area contributed by atoms with E-state index in [0.717, 1.165) is 5.76 Å². The molecule has 20 heavy (non-hydrogen) atoms. The maximum Gasteiger partial charge on any atom is 0.261 e. The van der Waals surface area contributed by atoms with Crippen LogP contribution in [0.1, 0.15) is 32.2 Å². The molecule has 0 bridgehead atoms. The van der Waals surface area contributed by atoms with Crippen LogP contribution in [-0.4, -0.2) is 23.3 Å². The molecule has 0 radical (unpaired) electrons. The number of amides is 2. The third kappa shape index (κ3) is 2.02. The quantitative estimate of drug-likeness (QED) is 0.856. The van der Waals surface area contributed by atoms with Crippen LogP contribution in [0.3, 0.4) is 0 Å². The summed E-state index contributed by atoms with van der Waals surface area (Å²) in [6, 6.07) is 10.4. The minimum atomic E-state index is -0.276. The van der Waals surface area contributed by atoms with Crippen molar-refractivity contribution in [2.24, 2.45) is 5.73 Å². The van der Waals surface area contributed by atoms with E-state index in [-0.39, 0.29) is 18.4 Å². The van der Waals surface area contributed by atoms with Gasteiger partial charge in [-0.15, -0.1) is 0 Å². The highest BCUT2D eigenvalue weighted by molar-refractivity contribution is 6.21. The topological polar surface area (TPSA) is 76.5 Å². The van der Waals surface area contributed by atoms with Gasteiger partial charge < -0.3 is 10.2 Å². The van der Waals surface area contributed by atoms with Gasteiger partial charge in [-0.1, -0.05) is 12.1 Å². The zero-order valence-electron chi connectivity index (χ0n) is 10.8. The molecular weight excluding hydrogens is 256 g/mol. The van der Waals surface area contributed by atoms with Crippen molar-refractivity contribution in [2.75, 3.05) is 6.54 Å². The summed E-state index contributed by atoms with van der Waals surface area (Å²) < 4.78 is 5.56. The summed E-state index contributed by atoms with van der Waals surface area (Å²) in [5.41, 5.74) is 6.36. The first-order valence-electron chi connectivity index (χ1n) is 6.43. The monoisotopic (exact) mass is 270 g/mol. The maximum absolute atomic E-state index is 12.2. The lowest BCUT2D eigenvalue weighted by molar-refractivity contribution is 0.0631. The molecule has 2 N–H and O–H groups in total. The van der Waals surface area contributed by atoms with Crippen LogP contribution in [0.15, 0.2) is 40.8 Å². The molecule has 0 spiro atoms. The molecule has 0 fully saturated rings. The Labute approximate surface area is 116 Å². The second-order valence-electron chi connectivity index (χ2n) is 4.65. The molecule has 0 aliphatic carbocycles. The van der Waals surface area contributed by atoms with Gasteiger partial charge in [0.25, 0.3) is 11.8 Å². The van der Waals surface area contributed by atoms with Gasteiger partial charge in [0.1, 0.15) is 11.5 Å². The Kier molecular flexibility index (Phi) is 3.12. The van der Waals surface area contributed by atoms with E-state index in [1.54, 1.807) is 30.3 Å². The molecule has 2 amide bonds. The first-order valence-corrected chi connectivity index (χ1v) is 6.43. The standard InChI is InChI=1S/C15H14N2O3/c16-8-7-10-5-6-11(20-10)9-17-14(18)12-3-1-2-4-13(12)15(17)19/h1-6H,7-9,16H2. The van der Waals surface area contributed by atoms with Crippen LogP contribution in [0.2, 0.25) is 0 Å². The first kappa shape index (κ1) is 12.6. The minimum Gasteiger partial charge on any atom is -0.464 e. The van der Waals surface area contributed by atoms with E-state index in [9.17, 15) is 9.59 Å². The van der Waals surface area contributed by atoms with Crippen LogP contribution in [0.25, 0.3) is 0 Å². The van der Waals surface area contributed by atoms with Gasteiger partial charge in [-0.25, -0.2) is 0 Å². The predicted molar refractivity (Wildman–Crippen MR) is 72.1 cm³/mol. The summed E-state index contributed by atoms with van der Waals surface area (Å²) in [5.74, 6) is 0.798. The molecule has 5 nitrogen and oxygen atoms in total. The summed E-state index contributed by atoms with van der Waals surface area (Å²) >= 11 is 0. The highest BCUT2D eigenvalue weighted by Gasteiger charge is 2.35. The Balaban J connectivity index is 1.82. The molecule has 102 valence electrons. The largest absolute Gasteiger partial charge is 0.464 e. The van der Waals surface area contributed by atoms with E-state index in [0.29, 0.717) is 29.9 Å². The molecule has 5 heteroatoms. The fourth-order valence-electron chi connectivity index (χ4n) is 2.32. The van der Waals surface area contributed by atoms with Crippen molar-refractivity contribution < 1.29 is 14.0 Å². The average Bonchev–Trinajstić information content (AvgIpc) is 2.99. The van der Waals surface area contributed by atoms with E-state index >= 15 is 0 Å². The number of nitrogens with zero attached hydrogens (tertiary/aromatic N) is 1. The van der Waals surface area contributed by atoms with Crippen molar-refractivity contribution in [1.82, 2.24) is 4.90 Å². The molecule has 1 aliphatic heterocycles. The smallest absolute Gasteiger partial charge is 0.261 e. The van der Waals surface area contributed by atoms with Gasteiger partial charge in [-0.2, -0.15) is 0 Å². The number of hydrogen-bond donors (Lipinski definition) is 1. The van der Waals surface area contributed by atoms with E-state index in [1.165, 1.54) is 4.90 Å². The Hall–Kier alpha value is -2.40. The fourth-order valence-corrected chi connectivity index (χ4v) is 2.32. The molecule has 2 aromatic rings. The van der Waals surface area contributed by atoms with E-state index in [1.807, 2.05) is 6.07 Å². The van der Waals surface area contributed by atoms with Gasteiger partial charge in [-0.3, -0.25) is 14.5 Å². The molecule has 0 saturated carbocycles. The van der Waals surface area contributed by atoms with Crippen LogP contribution in [0.5, 0.6) is 0 Å². The van der Waals surface area contributed by atoms with Gasteiger partial charge in [0.2, 0.25) is 0 Å². The SMILES string of the molecule is NCCc1ccc(CN2C(=O)c3ccccc3C2=O)o1. The molecule has 2 heterocycles. The number of hydrogen-bond acceptors (Lipinski definition) is 4. The van der Waals surface area contributed by atoms with Gasteiger partial charge in [0.15, 0.2) is 0 Å². The maximum atomic E-state index is 12.2. The minimum absolute atomic E-state index is 0.150. The Morgan fingerprint density at radius 3 is 2.15 bits per heavy atom. The Morgan fingerprint density at radius 2 is 1.55 bits per heavy atom. The summed E-state index contributed by atoms with van der Waals surface area (Å²) in [7, 11) is 0. The Morgan fingerprint density at radius 1 is 0.950 bits per heavy atom. The zero-order chi connectivity index (χ0) is 14.1. The van der Waals surface area contributed by atoms with Crippen molar-refractivity contribution in [3.05, 3.63) is 59.0 Å². The van der Waals surface area contributed by atoms with Crippen molar-refractivity contribution in [2.45, 2.75) is 13.0 Å². The molecule has 1 aromatic carbocycles. The molecule has 1 aliphatic rings. The number of furan rings is 1.